The van der Waals surface area contributed by atoms with Gasteiger partial charge in [-0.1, -0.05) is 24.3 Å². The van der Waals surface area contributed by atoms with Gasteiger partial charge in [0.25, 0.3) is 0 Å². The molecule has 0 saturated heterocycles. The van der Waals surface area contributed by atoms with Gasteiger partial charge >= 0.3 is 0 Å². The van der Waals surface area contributed by atoms with Crippen molar-refractivity contribution in [3.8, 4) is 0 Å². The number of benzene rings is 1. The second kappa shape index (κ2) is 10.6. The van der Waals surface area contributed by atoms with E-state index in [9.17, 15) is 4.79 Å². The molecule has 3 N–H and O–H groups in total. The molecule has 0 fully saturated rings. The maximum absolute atomic E-state index is 11.7. The minimum absolute atomic E-state index is 0. The lowest BCUT2D eigenvalue weighted by atomic mass is 10.1. The van der Waals surface area contributed by atoms with E-state index in [4.69, 9.17) is 15.2 Å². The number of ether oxygens (including phenoxy) is 2. The first-order valence-electron chi connectivity index (χ1n) is 6.35. The van der Waals surface area contributed by atoms with Crippen LogP contribution in [0.15, 0.2) is 24.3 Å². The highest BCUT2D eigenvalue weighted by atomic mass is 35.5. The van der Waals surface area contributed by atoms with Gasteiger partial charge in [0.1, 0.15) is 6.04 Å². The van der Waals surface area contributed by atoms with E-state index in [1.807, 2.05) is 31.2 Å². The summed E-state index contributed by atoms with van der Waals surface area (Å²) in [6, 6.07) is 7.22. The summed E-state index contributed by atoms with van der Waals surface area (Å²) in [5, 5.41) is 2.80. The zero-order valence-electron chi connectivity index (χ0n) is 11.9. The van der Waals surface area contributed by atoms with E-state index in [2.05, 4.69) is 5.32 Å². The molecule has 0 heterocycles. The number of carbonyl (C=O) groups excluding carboxylic acids is 1. The van der Waals surface area contributed by atoms with Gasteiger partial charge in [0.2, 0.25) is 5.91 Å². The highest BCUT2D eigenvalue weighted by molar-refractivity contribution is 5.85. The van der Waals surface area contributed by atoms with Gasteiger partial charge in [0.15, 0.2) is 0 Å². The molecule has 114 valence electrons. The van der Waals surface area contributed by atoms with Crippen LogP contribution in [0.3, 0.4) is 0 Å². The highest BCUT2D eigenvalue weighted by Crippen LogP contribution is 2.10. The summed E-state index contributed by atoms with van der Waals surface area (Å²) in [5.41, 5.74) is 7.76. The number of halogens is 1. The molecule has 1 unspecified atom stereocenters. The Morgan fingerprint density at radius 2 is 2.00 bits per heavy atom. The highest BCUT2D eigenvalue weighted by Gasteiger charge is 2.12. The van der Waals surface area contributed by atoms with Crippen molar-refractivity contribution in [1.29, 1.82) is 0 Å². The van der Waals surface area contributed by atoms with Gasteiger partial charge in [-0.05, 0) is 18.1 Å². The number of carbonyl (C=O) groups is 1. The van der Waals surface area contributed by atoms with Gasteiger partial charge in [-0.15, -0.1) is 12.4 Å². The van der Waals surface area contributed by atoms with Crippen LogP contribution in [0.4, 0.5) is 0 Å². The molecule has 0 aliphatic heterocycles. The maximum atomic E-state index is 11.7. The Morgan fingerprint density at radius 3 is 2.60 bits per heavy atom. The van der Waals surface area contributed by atoms with Gasteiger partial charge < -0.3 is 20.5 Å². The summed E-state index contributed by atoms with van der Waals surface area (Å²) < 4.78 is 10.2. The molecule has 1 amide bonds. The molecule has 0 radical (unpaired) electrons. The van der Waals surface area contributed by atoms with Crippen molar-refractivity contribution < 1.29 is 14.3 Å². The lowest BCUT2D eigenvalue weighted by Crippen LogP contribution is -2.43. The molecular formula is C14H23ClN2O3. The number of nitrogens with one attached hydrogen (secondary N) is 1. The Morgan fingerprint density at radius 1 is 1.35 bits per heavy atom. The van der Waals surface area contributed by atoms with E-state index in [0.29, 0.717) is 19.8 Å². The van der Waals surface area contributed by atoms with Gasteiger partial charge in [0.05, 0.1) is 13.2 Å². The molecule has 0 aromatic heterocycles. The zero-order valence-corrected chi connectivity index (χ0v) is 12.7. The second-order valence-electron chi connectivity index (χ2n) is 4.19. The average molecular weight is 303 g/mol. The first-order valence-corrected chi connectivity index (χ1v) is 6.35. The lowest BCUT2D eigenvalue weighted by Gasteiger charge is -2.13. The van der Waals surface area contributed by atoms with Crippen LogP contribution >= 0.6 is 12.4 Å². The molecule has 0 saturated carbocycles. The van der Waals surface area contributed by atoms with Gasteiger partial charge in [-0.25, -0.2) is 0 Å². The summed E-state index contributed by atoms with van der Waals surface area (Å²) in [6.07, 6.45) is 0. The van der Waals surface area contributed by atoms with Crippen molar-refractivity contribution in [2.24, 2.45) is 5.73 Å². The molecule has 6 heteroatoms. The Kier molecular flexibility index (Phi) is 10.0. The third kappa shape index (κ3) is 6.34. The predicted octanol–water partition coefficient (Wildman–Crippen LogP) is 1.23. The Balaban J connectivity index is 0.00000361. The number of hydrogen-bond acceptors (Lipinski definition) is 4. The van der Waals surface area contributed by atoms with Crippen LogP contribution in [0.2, 0.25) is 0 Å². The Hall–Kier alpha value is -1.14. The molecule has 0 aliphatic carbocycles. The number of rotatable bonds is 8. The summed E-state index contributed by atoms with van der Waals surface area (Å²) in [6.45, 7) is 3.83. The van der Waals surface area contributed by atoms with Crippen molar-refractivity contribution >= 4 is 18.3 Å². The summed E-state index contributed by atoms with van der Waals surface area (Å²) in [4.78, 5) is 11.7. The first kappa shape index (κ1) is 18.9. The van der Waals surface area contributed by atoms with Crippen molar-refractivity contribution in [2.75, 3.05) is 20.3 Å². The number of methoxy groups -OCH3 is 1. The predicted molar refractivity (Wildman–Crippen MR) is 80.7 cm³/mol. The molecule has 5 nitrogen and oxygen atoms in total. The maximum Gasteiger partial charge on any atom is 0.239 e. The van der Waals surface area contributed by atoms with Crippen LogP contribution < -0.4 is 11.1 Å². The summed E-state index contributed by atoms with van der Waals surface area (Å²) >= 11 is 0. The van der Waals surface area contributed by atoms with Crippen LogP contribution in [-0.4, -0.2) is 32.3 Å². The molecule has 0 bridgehead atoms. The molecule has 1 atom stereocenters. The van der Waals surface area contributed by atoms with Crippen molar-refractivity contribution in [3.63, 3.8) is 0 Å². The fourth-order valence-corrected chi connectivity index (χ4v) is 1.65. The van der Waals surface area contributed by atoms with Crippen LogP contribution in [0.5, 0.6) is 0 Å². The van der Waals surface area contributed by atoms with Gasteiger partial charge in [-0.3, -0.25) is 4.79 Å². The molecular weight excluding hydrogens is 280 g/mol. The second-order valence-corrected chi connectivity index (χ2v) is 4.19. The fourth-order valence-electron chi connectivity index (χ4n) is 1.65. The molecule has 0 spiro atoms. The summed E-state index contributed by atoms with van der Waals surface area (Å²) in [7, 11) is 1.52. The van der Waals surface area contributed by atoms with E-state index in [0.717, 1.165) is 11.1 Å². The molecule has 1 aromatic rings. The average Bonchev–Trinajstić information content (AvgIpc) is 2.43. The van der Waals surface area contributed by atoms with Crippen molar-refractivity contribution in [1.82, 2.24) is 5.32 Å². The Labute approximate surface area is 126 Å². The van der Waals surface area contributed by atoms with Crippen LogP contribution in [0.25, 0.3) is 0 Å². The SMILES string of the molecule is CCOCc1ccccc1CNC(=O)C(N)COC.Cl. The van der Waals surface area contributed by atoms with Crippen molar-refractivity contribution in [2.45, 2.75) is 26.1 Å². The minimum Gasteiger partial charge on any atom is -0.383 e. The smallest absolute Gasteiger partial charge is 0.239 e. The number of nitrogens with two attached hydrogens (primary N) is 1. The first-order chi connectivity index (χ1) is 9.19. The number of hydrogen-bond donors (Lipinski definition) is 2. The fraction of sp³-hybridized carbons (Fsp3) is 0.500. The number of amides is 1. The largest absolute Gasteiger partial charge is 0.383 e. The van der Waals surface area contributed by atoms with Gasteiger partial charge in [0, 0.05) is 20.3 Å². The molecule has 1 aromatic carbocycles. The third-order valence-electron chi connectivity index (χ3n) is 2.72. The van der Waals surface area contributed by atoms with Crippen LogP contribution in [0.1, 0.15) is 18.1 Å². The standard InChI is InChI=1S/C14H22N2O3.ClH/c1-3-19-9-12-7-5-4-6-11(12)8-16-14(17)13(15)10-18-2;/h4-7,13H,3,8-10,15H2,1-2H3,(H,16,17);1H. The zero-order chi connectivity index (χ0) is 14.1. The molecule has 0 aliphatic rings. The van der Waals surface area contributed by atoms with E-state index in [-0.39, 0.29) is 24.9 Å². The lowest BCUT2D eigenvalue weighted by molar-refractivity contribution is -0.123. The van der Waals surface area contributed by atoms with Crippen LogP contribution in [0, 0.1) is 0 Å². The third-order valence-corrected chi connectivity index (χ3v) is 2.72. The van der Waals surface area contributed by atoms with E-state index in [1.165, 1.54) is 7.11 Å². The normalized spacial score (nSPS) is 11.6. The van der Waals surface area contributed by atoms with E-state index >= 15 is 0 Å². The molecule has 20 heavy (non-hydrogen) atoms. The van der Waals surface area contributed by atoms with Gasteiger partial charge in [-0.2, -0.15) is 0 Å². The van der Waals surface area contributed by atoms with Crippen LogP contribution in [-0.2, 0) is 27.4 Å². The van der Waals surface area contributed by atoms with E-state index in [1.54, 1.807) is 0 Å². The quantitative estimate of drug-likeness (QED) is 0.757. The monoisotopic (exact) mass is 302 g/mol. The van der Waals surface area contributed by atoms with E-state index < -0.39 is 6.04 Å². The Bertz CT molecular complexity index is 402. The summed E-state index contributed by atoms with van der Waals surface area (Å²) in [5.74, 6) is -0.215. The van der Waals surface area contributed by atoms with Crippen molar-refractivity contribution in [3.05, 3.63) is 35.4 Å². The topological polar surface area (TPSA) is 73.6 Å². The minimum atomic E-state index is -0.635. The molecule has 1 rings (SSSR count).